The Balaban J connectivity index is 3.11. The topological polar surface area (TPSA) is 26.3 Å². The van der Waals surface area contributed by atoms with Crippen LogP contribution in [0.2, 0.25) is 3.67 Å². The van der Waals surface area contributed by atoms with Gasteiger partial charge in [-0.1, -0.05) is 0 Å². The second-order valence-corrected chi connectivity index (χ2v) is 2.37. The third-order valence-corrected chi connectivity index (χ3v) is 1.02. The van der Waals surface area contributed by atoms with Crippen LogP contribution in [0, 0.1) is 0 Å². The van der Waals surface area contributed by atoms with Crippen LogP contribution >= 0.6 is 0 Å². The molecule has 0 radical (unpaired) electrons. The Labute approximate surface area is 66.3 Å². The third kappa shape index (κ3) is 4.37. The van der Waals surface area contributed by atoms with Crippen LogP contribution in [0.3, 0.4) is 0 Å². The number of esters is 1. The van der Waals surface area contributed by atoms with Gasteiger partial charge in [-0.2, -0.15) is 0 Å². The van der Waals surface area contributed by atoms with Crippen LogP contribution in [0.15, 0.2) is 12.7 Å². The molecular formula is C5H7NaO2. The van der Waals surface area contributed by atoms with Crippen LogP contribution in [0.4, 0.5) is 0 Å². The minimum atomic E-state index is -0.319. The molecule has 2 nitrogen and oxygen atoms in total. The fourth-order valence-corrected chi connectivity index (χ4v) is 0.466. The van der Waals surface area contributed by atoms with Gasteiger partial charge < -0.3 is 0 Å². The summed E-state index contributed by atoms with van der Waals surface area (Å²) >= 11 is 1.09. The van der Waals surface area contributed by atoms with E-state index < -0.39 is 0 Å². The van der Waals surface area contributed by atoms with E-state index in [1.807, 2.05) is 0 Å². The van der Waals surface area contributed by atoms with Gasteiger partial charge in [-0.15, -0.1) is 0 Å². The van der Waals surface area contributed by atoms with E-state index >= 15 is 0 Å². The van der Waals surface area contributed by atoms with E-state index in [1.165, 1.54) is 6.08 Å². The first-order valence-electron chi connectivity index (χ1n) is 2.60. The zero-order chi connectivity index (χ0) is 6.41. The fourth-order valence-electron chi connectivity index (χ4n) is 0.262. The van der Waals surface area contributed by atoms with Crippen molar-refractivity contribution in [1.29, 1.82) is 0 Å². The van der Waals surface area contributed by atoms with Crippen LogP contribution in [-0.4, -0.2) is 40.5 Å². The molecule has 0 bridgehead atoms. The summed E-state index contributed by atoms with van der Waals surface area (Å²) in [4.78, 5) is 10.2. The molecule has 0 fully saturated rings. The van der Waals surface area contributed by atoms with E-state index in [2.05, 4.69) is 11.3 Å². The zero-order valence-electron chi connectivity index (χ0n) is 5.02. The second kappa shape index (κ2) is 5.35. The number of rotatable bonds is 3. The van der Waals surface area contributed by atoms with Crippen LogP contribution < -0.4 is 0 Å². The van der Waals surface area contributed by atoms with Crippen LogP contribution in [0.1, 0.15) is 0 Å². The van der Waals surface area contributed by atoms with Crippen molar-refractivity contribution in [3.05, 3.63) is 12.7 Å². The van der Waals surface area contributed by atoms with Gasteiger partial charge in [0, 0.05) is 0 Å². The number of hydrogen-bond donors (Lipinski definition) is 0. The van der Waals surface area contributed by atoms with E-state index in [1.54, 1.807) is 0 Å². The van der Waals surface area contributed by atoms with Crippen LogP contribution in [0.5, 0.6) is 0 Å². The summed E-state index contributed by atoms with van der Waals surface area (Å²) in [6, 6.07) is 0. The van der Waals surface area contributed by atoms with Crippen molar-refractivity contribution < 1.29 is 9.53 Å². The summed E-state index contributed by atoms with van der Waals surface area (Å²) in [5.74, 6) is -0.319. The Hall–Kier alpha value is 0.210. The Morgan fingerprint density at radius 3 is 2.88 bits per heavy atom. The Morgan fingerprint density at radius 2 is 2.50 bits per heavy atom. The van der Waals surface area contributed by atoms with Crippen molar-refractivity contribution in [3.8, 4) is 0 Å². The molecule has 0 amide bonds. The maximum absolute atomic E-state index is 10.2. The Bertz CT molecular complexity index is 90.4. The van der Waals surface area contributed by atoms with E-state index in [0.29, 0.717) is 6.61 Å². The van der Waals surface area contributed by atoms with E-state index in [9.17, 15) is 4.79 Å². The van der Waals surface area contributed by atoms with Crippen LogP contribution in [-0.2, 0) is 9.53 Å². The minimum absolute atomic E-state index is 0.319. The van der Waals surface area contributed by atoms with Crippen molar-refractivity contribution in [2.75, 3.05) is 6.61 Å². The normalized spacial score (nSPS) is 8.25. The molecular weight excluding hydrogens is 115 g/mol. The van der Waals surface area contributed by atoms with E-state index in [4.69, 9.17) is 0 Å². The molecule has 0 aromatic carbocycles. The van der Waals surface area contributed by atoms with Crippen molar-refractivity contribution in [3.63, 3.8) is 0 Å². The molecule has 8 heavy (non-hydrogen) atoms. The maximum atomic E-state index is 10.2. The monoisotopic (exact) mass is 122 g/mol. The number of carbonyl (C=O) groups is 1. The first-order valence-corrected chi connectivity index (χ1v) is 4.02. The molecule has 0 aliphatic rings. The fraction of sp³-hybridized carbons (Fsp3) is 0.400. The van der Waals surface area contributed by atoms with Gasteiger partial charge in [0.1, 0.15) is 0 Å². The van der Waals surface area contributed by atoms with Gasteiger partial charge in [-0.05, 0) is 0 Å². The van der Waals surface area contributed by atoms with Gasteiger partial charge in [0.05, 0.1) is 0 Å². The van der Waals surface area contributed by atoms with Crippen molar-refractivity contribution >= 4 is 33.9 Å². The summed E-state index contributed by atoms with van der Waals surface area (Å²) in [6.45, 7) is 3.80. The molecule has 0 saturated carbocycles. The Morgan fingerprint density at radius 1 is 1.88 bits per heavy atom. The summed E-state index contributed by atoms with van der Waals surface area (Å²) < 4.78 is 5.62. The summed E-state index contributed by atoms with van der Waals surface area (Å²) in [5.41, 5.74) is 0. The van der Waals surface area contributed by atoms with Crippen molar-refractivity contribution in [1.82, 2.24) is 0 Å². The molecule has 40 valence electrons. The van der Waals surface area contributed by atoms with Gasteiger partial charge in [-0.3, -0.25) is 0 Å². The summed E-state index contributed by atoms with van der Waals surface area (Å²) in [6.07, 6.45) is 1.18. The average molecular weight is 122 g/mol. The molecule has 3 heteroatoms. The third-order valence-electron chi connectivity index (χ3n) is 0.615. The molecule has 0 spiro atoms. The van der Waals surface area contributed by atoms with Gasteiger partial charge >= 0.3 is 66.4 Å². The zero-order valence-corrected chi connectivity index (χ0v) is 7.02. The SMILES string of the molecule is C=CC(=O)OC[CH2][Na]. The molecule has 0 aromatic rings. The second-order valence-electron chi connectivity index (χ2n) is 1.37. The number of carbonyl (C=O) groups excluding carboxylic acids is 1. The predicted molar refractivity (Wildman–Crippen MR) is 31.7 cm³/mol. The molecule has 0 unspecified atom stereocenters. The Kier molecular flexibility index (Phi) is 5.49. The molecule has 0 rings (SSSR count). The molecule has 0 atom stereocenters. The summed E-state index contributed by atoms with van der Waals surface area (Å²) in [7, 11) is 0. The molecule has 0 aliphatic heterocycles. The van der Waals surface area contributed by atoms with Crippen LogP contribution in [0.25, 0.3) is 0 Å². The summed E-state index contributed by atoms with van der Waals surface area (Å²) in [5, 5.41) is 0. The van der Waals surface area contributed by atoms with Gasteiger partial charge in [0.25, 0.3) is 0 Å². The molecule has 0 saturated heterocycles. The van der Waals surface area contributed by atoms with Gasteiger partial charge in [-0.25, -0.2) is 0 Å². The number of hydrogen-bond acceptors (Lipinski definition) is 2. The average Bonchev–Trinajstić information content (AvgIpc) is 1.83. The first kappa shape index (κ1) is 8.21. The first-order chi connectivity index (χ1) is 3.81. The molecule has 0 N–H and O–H groups in total. The predicted octanol–water partition coefficient (Wildman–Crippen LogP) is 0.302. The molecule has 0 aliphatic carbocycles. The van der Waals surface area contributed by atoms with E-state index in [0.717, 1.165) is 31.6 Å². The standard InChI is InChI=1S/C5H7O2.Na/c1-3-5(6)7-4-2;/h3H,1-2,4H2;. The molecule has 0 aromatic heterocycles. The van der Waals surface area contributed by atoms with E-state index in [-0.39, 0.29) is 5.97 Å². The molecule has 0 heterocycles. The quantitative estimate of drug-likeness (QED) is 0.306. The van der Waals surface area contributed by atoms with Crippen molar-refractivity contribution in [2.24, 2.45) is 0 Å². The van der Waals surface area contributed by atoms with Crippen molar-refractivity contribution in [2.45, 2.75) is 3.67 Å². The van der Waals surface area contributed by atoms with Gasteiger partial charge in [0.15, 0.2) is 0 Å². The number of ether oxygens (including phenoxy) is 1. The van der Waals surface area contributed by atoms with Gasteiger partial charge in [0.2, 0.25) is 0 Å².